The van der Waals surface area contributed by atoms with Crippen LogP contribution >= 0.6 is 0 Å². The first-order valence-electron chi connectivity index (χ1n) is 6.59. The van der Waals surface area contributed by atoms with Crippen molar-refractivity contribution in [2.75, 3.05) is 7.11 Å². The molecule has 110 valence electrons. The van der Waals surface area contributed by atoms with Crippen molar-refractivity contribution in [2.24, 2.45) is 0 Å². The van der Waals surface area contributed by atoms with Crippen LogP contribution in [0.25, 0.3) is 0 Å². The fraction of sp³-hybridized carbons (Fsp3) is 0.267. The molecular formula is C15H18N4O2. The van der Waals surface area contributed by atoms with Crippen LogP contribution in [0.5, 0.6) is 5.75 Å². The van der Waals surface area contributed by atoms with Crippen molar-refractivity contribution in [2.45, 2.75) is 20.0 Å². The zero-order chi connectivity index (χ0) is 15.1. The zero-order valence-electron chi connectivity index (χ0n) is 12.1. The predicted molar refractivity (Wildman–Crippen MR) is 78.8 cm³/mol. The van der Waals surface area contributed by atoms with Gasteiger partial charge in [0.25, 0.3) is 0 Å². The molecule has 1 heterocycles. The molecule has 0 aliphatic rings. The first kappa shape index (κ1) is 14.8. The van der Waals surface area contributed by atoms with Gasteiger partial charge in [-0.25, -0.2) is 14.8 Å². The fourth-order valence-corrected chi connectivity index (χ4v) is 1.77. The Hall–Kier alpha value is -2.63. The number of rotatable bonds is 5. The van der Waals surface area contributed by atoms with Gasteiger partial charge in [-0.1, -0.05) is 12.1 Å². The number of nitrogens with zero attached hydrogens (tertiary/aromatic N) is 2. The normalized spacial score (nSPS) is 10.0. The van der Waals surface area contributed by atoms with Gasteiger partial charge in [0.2, 0.25) is 0 Å². The van der Waals surface area contributed by atoms with Crippen LogP contribution in [-0.2, 0) is 13.1 Å². The molecule has 6 nitrogen and oxygen atoms in total. The van der Waals surface area contributed by atoms with Crippen LogP contribution in [0.3, 0.4) is 0 Å². The molecule has 0 aliphatic carbocycles. The third-order valence-corrected chi connectivity index (χ3v) is 2.90. The summed E-state index contributed by atoms with van der Waals surface area (Å²) in [6.45, 7) is 2.71. The lowest BCUT2D eigenvalue weighted by atomic mass is 10.2. The van der Waals surface area contributed by atoms with E-state index in [9.17, 15) is 4.79 Å². The number of aryl methyl sites for hydroxylation is 1. The Morgan fingerprint density at radius 3 is 2.52 bits per heavy atom. The minimum absolute atomic E-state index is 0.234. The number of carbonyl (C=O) groups excluding carboxylic acids is 1. The minimum atomic E-state index is -0.234. The number of carbonyl (C=O) groups is 1. The Balaban J connectivity index is 1.76. The van der Waals surface area contributed by atoms with Crippen molar-refractivity contribution in [3.63, 3.8) is 0 Å². The van der Waals surface area contributed by atoms with Gasteiger partial charge >= 0.3 is 6.03 Å². The number of urea groups is 1. The van der Waals surface area contributed by atoms with Gasteiger partial charge in [0.15, 0.2) is 0 Å². The molecule has 6 heteroatoms. The summed E-state index contributed by atoms with van der Waals surface area (Å²) in [6, 6.07) is 9.14. The summed E-state index contributed by atoms with van der Waals surface area (Å²) in [7, 11) is 1.62. The molecule has 0 fully saturated rings. The van der Waals surface area contributed by atoms with Crippen molar-refractivity contribution >= 4 is 6.03 Å². The Labute approximate surface area is 123 Å². The smallest absolute Gasteiger partial charge is 0.315 e. The number of hydrogen-bond donors (Lipinski definition) is 2. The van der Waals surface area contributed by atoms with Gasteiger partial charge in [-0.15, -0.1) is 0 Å². The molecule has 2 amide bonds. The lowest BCUT2D eigenvalue weighted by Crippen LogP contribution is -2.34. The van der Waals surface area contributed by atoms with E-state index in [1.165, 1.54) is 6.33 Å². The largest absolute Gasteiger partial charge is 0.497 e. The monoisotopic (exact) mass is 286 g/mol. The van der Waals surface area contributed by atoms with Crippen LogP contribution in [0.2, 0.25) is 0 Å². The minimum Gasteiger partial charge on any atom is -0.497 e. The number of benzene rings is 1. The van der Waals surface area contributed by atoms with Crippen LogP contribution < -0.4 is 15.4 Å². The summed E-state index contributed by atoms with van der Waals surface area (Å²) in [5.74, 6) is 0.794. The van der Waals surface area contributed by atoms with Crippen LogP contribution in [0.1, 0.15) is 17.0 Å². The molecule has 2 aromatic rings. The van der Waals surface area contributed by atoms with Gasteiger partial charge in [0.1, 0.15) is 12.1 Å². The quantitative estimate of drug-likeness (QED) is 0.878. The summed E-state index contributed by atoms with van der Waals surface area (Å²) in [5.41, 5.74) is 2.66. The van der Waals surface area contributed by atoms with E-state index in [1.54, 1.807) is 7.11 Å². The van der Waals surface area contributed by atoms with E-state index in [-0.39, 0.29) is 6.03 Å². The SMILES string of the molecule is COc1ccc(CNC(=O)NCc2cc(C)ncn2)cc1. The first-order valence-corrected chi connectivity index (χ1v) is 6.59. The van der Waals surface area contributed by atoms with Crippen molar-refractivity contribution in [1.82, 2.24) is 20.6 Å². The molecule has 0 saturated carbocycles. The topological polar surface area (TPSA) is 76.1 Å². The second kappa shape index (κ2) is 7.23. The van der Waals surface area contributed by atoms with E-state index >= 15 is 0 Å². The molecule has 1 aromatic carbocycles. The molecule has 0 unspecified atom stereocenters. The standard InChI is InChI=1S/C15H18N4O2/c1-11-7-13(19-10-18-11)9-17-15(20)16-8-12-3-5-14(21-2)6-4-12/h3-7,10H,8-9H2,1-2H3,(H2,16,17,20). The highest BCUT2D eigenvalue weighted by Crippen LogP contribution is 2.10. The maximum absolute atomic E-state index is 11.7. The molecule has 0 bridgehead atoms. The van der Waals surface area contributed by atoms with Crippen LogP contribution in [0.15, 0.2) is 36.7 Å². The zero-order valence-corrected chi connectivity index (χ0v) is 12.1. The van der Waals surface area contributed by atoms with Crippen LogP contribution in [0, 0.1) is 6.92 Å². The molecule has 0 atom stereocenters. The third-order valence-electron chi connectivity index (χ3n) is 2.90. The van der Waals surface area contributed by atoms with Crippen molar-refractivity contribution in [3.8, 4) is 5.75 Å². The summed E-state index contributed by atoms with van der Waals surface area (Å²) < 4.78 is 5.08. The summed E-state index contributed by atoms with van der Waals surface area (Å²) in [5, 5.41) is 5.54. The Kier molecular flexibility index (Phi) is 5.09. The molecule has 2 N–H and O–H groups in total. The Morgan fingerprint density at radius 1 is 1.14 bits per heavy atom. The average molecular weight is 286 g/mol. The maximum Gasteiger partial charge on any atom is 0.315 e. The van der Waals surface area contributed by atoms with E-state index in [1.807, 2.05) is 37.3 Å². The number of aromatic nitrogens is 2. The van der Waals surface area contributed by atoms with E-state index in [0.717, 1.165) is 22.7 Å². The van der Waals surface area contributed by atoms with E-state index in [2.05, 4.69) is 20.6 Å². The molecule has 0 spiro atoms. The van der Waals surface area contributed by atoms with Gasteiger partial charge in [-0.05, 0) is 30.7 Å². The highest BCUT2D eigenvalue weighted by molar-refractivity contribution is 5.73. The van der Waals surface area contributed by atoms with Gasteiger partial charge < -0.3 is 15.4 Å². The maximum atomic E-state index is 11.7. The second-order valence-corrected chi connectivity index (χ2v) is 4.54. The van der Waals surface area contributed by atoms with E-state index in [0.29, 0.717) is 13.1 Å². The van der Waals surface area contributed by atoms with Crippen LogP contribution in [0.4, 0.5) is 4.79 Å². The summed E-state index contributed by atoms with van der Waals surface area (Å²) >= 11 is 0. The molecule has 21 heavy (non-hydrogen) atoms. The Bertz CT molecular complexity index is 599. The number of hydrogen-bond acceptors (Lipinski definition) is 4. The van der Waals surface area contributed by atoms with Crippen molar-refractivity contribution < 1.29 is 9.53 Å². The average Bonchev–Trinajstić information content (AvgIpc) is 2.51. The third kappa shape index (κ3) is 4.76. The molecule has 0 aliphatic heterocycles. The van der Waals surface area contributed by atoms with Gasteiger partial charge in [-0.3, -0.25) is 0 Å². The lowest BCUT2D eigenvalue weighted by molar-refractivity contribution is 0.240. The van der Waals surface area contributed by atoms with Gasteiger partial charge in [0.05, 0.1) is 19.3 Å². The highest BCUT2D eigenvalue weighted by atomic mass is 16.5. The number of amides is 2. The van der Waals surface area contributed by atoms with Crippen molar-refractivity contribution in [1.29, 1.82) is 0 Å². The first-order chi connectivity index (χ1) is 10.2. The highest BCUT2D eigenvalue weighted by Gasteiger charge is 2.02. The molecule has 0 radical (unpaired) electrons. The number of methoxy groups -OCH3 is 1. The summed E-state index contributed by atoms with van der Waals surface area (Å²) in [6.07, 6.45) is 1.49. The van der Waals surface area contributed by atoms with Crippen LogP contribution in [-0.4, -0.2) is 23.1 Å². The Morgan fingerprint density at radius 2 is 1.86 bits per heavy atom. The van der Waals surface area contributed by atoms with Gasteiger partial charge in [0, 0.05) is 12.2 Å². The molecule has 2 rings (SSSR count). The lowest BCUT2D eigenvalue weighted by Gasteiger charge is -2.08. The molecule has 0 saturated heterocycles. The molecule has 1 aromatic heterocycles. The van der Waals surface area contributed by atoms with E-state index in [4.69, 9.17) is 4.74 Å². The number of ether oxygens (including phenoxy) is 1. The number of nitrogens with one attached hydrogen (secondary N) is 2. The fourth-order valence-electron chi connectivity index (χ4n) is 1.77. The second-order valence-electron chi connectivity index (χ2n) is 4.54. The summed E-state index contributed by atoms with van der Waals surface area (Å²) in [4.78, 5) is 19.8. The van der Waals surface area contributed by atoms with Gasteiger partial charge in [-0.2, -0.15) is 0 Å². The predicted octanol–water partition coefficient (Wildman–Crippen LogP) is 1.79. The molecular weight excluding hydrogens is 268 g/mol. The van der Waals surface area contributed by atoms with Crippen molar-refractivity contribution in [3.05, 3.63) is 53.6 Å². The van der Waals surface area contributed by atoms with E-state index < -0.39 is 0 Å².